The maximum absolute atomic E-state index is 11.7. The summed E-state index contributed by atoms with van der Waals surface area (Å²) >= 11 is 3.49. The molecule has 0 atom stereocenters. The minimum Gasteiger partial charge on any atom is -0.462 e. The summed E-state index contributed by atoms with van der Waals surface area (Å²) in [6, 6.07) is 13.7. The van der Waals surface area contributed by atoms with Crippen LogP contribution in [0.5, 0.6) is 0 Å². The van der Waals surface area contributed by atoms with Crippen molar-refractivity contribution < 1.29 is 9.53 Å². The van der Waals surface area contributed by atoms with Crippen molar-refractivity contribution in [2.45, 2.75) is 20.4 Å². The van der Waals surface area contributed by atoms with Gasteiger partial charge in [0.25, 0.3) is 0 Å². The molecule has 2 rings (SSSR count). The number of aryl methyl sites for hydroxylation is 1. The normalized spacial score (nSPS) is 10.2. The van der Waals surface area contributed by atoms with Crippen LogP contribution in [0.3, 0.4) is 0 Å². The fourth-order valence-electron chi connectivity index (χ4n) is 2.00. The zero-order valence-corrected chi connectivity index (χ0v) is 13.7. The van der Waals surface area contributed by atoms with Gasteiger partial charge in [0.05, 0.1) is 12.2 Å². The second-order valence-electron chi connectivity index (χ2n) is 4.70. The van der Waals surface area contributed by atoms with Crippen molar-refractivity contribution in [1.82, 2.24) is 0 Å². The molecule has 0 aliphatic heterocycles. The first-order valence-electron chi connectivity index (χ1n) is 6.87. The van der Waals surface area contributed by atoms with Gasteiger partial charge in [0.15, 0.2) is 0 Å². The Morgan fingerprint density at radius 1 is 1.24 bits per heavy atom. The van der Waals surface area contributed by atoms with Crippen LogP contribution < -0.4 is 5.32 Å². The minimum absolute atomic E-state index is 0.302. The molecule has 0 saturated heterocycles. The molecule has 0 unspecified atom stereocenters. The molecule has 110 valence electrons. The smallest absolute Gasteiger partial charge is 0.338 e. The number of carbonyl (C=O) groups is 1. The SMILES string of the molecule is CCOC(=O)c1ccc(NCc2ccccc2C)c(Br)c1. The highest BCUT2D eigenvalue weighted by Crippen LogP contribution is 2.25. The number of esters is 1. The monoisotopic (exact) mass is 347 g/mol. The van der Waals surface area contributed by atoms with Crippen molar-refractivity contribution >= 4 is 27.6 Å². The van der Waals surface area contributed by atoms with E-state index in [0.29, 0.717) is 12.2 Å². The molecule has 2 aromatic rings. The first kappa shape index (κ1) is 15.6. The van der Waals surface area contributed by atoms with Crippen LogP contribution >= 0.6 is 15.9 Å². The Morgan fingerprint density at radius 2 is 2.00 bits per heavy atom. The summed E-state index contributed by atoms with van der Waals surface area (Å²) in [5.41, 5.74) is 4.00. The molecule has 1 N–H and O–H groups in total. The van der Waals surface area contributed by atoms with Crippen LogP contribution in [0.1, 0.15) is 28.4 Å². The highest BCUT2D eigenvalue weighted by molar-refractivity contribution is 9.10. The Morgan fingerprint density at radius 3 is 2.67 bits per heavy atom. The molecule has 0 radical (unpaired) electrons. The van der Waals surface area contributed by atoms with Gasteiger partial charge >= 0.3 is 5.97 Å². The Balaban J connectivity index is 2.08. The van der Waals surface area contributed by atoms with E-state index in [1.807, 2.05) is 18.2 Å². The van der Waals surface area contributed by atoms with E-state index >= 15 is 0 Å². The number of hydrogen-bond acceptors (Lipinski definition) is 3. The standard InChI is InChI=1S/C17H18BrNO2/c1-3-21-17(20)13-8-9-16(15(18)10-13)19-11-14-7-5-4-6-12(14)2/h4-10,19H,3,11H2,1-2H3. The molecular weight excluding hydrogens is 330 g/mol. The molecule has 21 heavy (non-hydrogen) atoms. The summed E-state index contributed by atoms with van der Waals surface area (Å²) in [5.74, 6) is -0.302. The lowest BCUT2D eigenvalue weighted by Crippen LogP contribution is -2.06. The largest absolute Gasteiger partial charge is 0.462 e. The zero-order valence-electron chi connectivity index (χ0n) is 12.2. The molecule has 0 aliphatic carbocycles. The molecule has 0 amide bonds. The third-order valence-electron chi connectivity index (χ3n) is 3.21. The fraction of sp³-hybridized carbons (Fsp3) is 0.235. The zero-order chi connectivity index (χ0) is 15.2. The number of rotatable bonds is 5. The number of halogens is 1. The van der Waals surface area contributed by atoms with Crippen LogP contribution in [-0.2, 0) is 11.3 Å². The van der Waals surface area contributed by atoms with Crippen molar-refractivity contribution in [2.24, 2.45) is 0 Å². The van der Waals surface area contributed by atoms with Crippen molar-refractivity contribution in [3.8, 4) is 0 Å². The lowest BCUT2D eigenvalue weighted by atomic mass is 10.1. The highest BCUT2D eigenvalue weighted by Gasteiger charge is 2.09. The number of hydrogen-bond donors (Lipinski definition) is 1. The first-order valence-corrected chi connectivity index (χ1v) is 7.66. The summed E-state index contributed by atoms with van der Waals surface area (Å²) in [6.45, 7) is 5.01. The third kappa shape index (κ3) is 4.08. The van der Waals surface area contributed by atoms with Crippen molar-refractivity contribution in [1.29, 1.82) is 0 Å². The summed E-state index contributed by atoms with van der Waals surface area (Å²) in [7, 11) is 0. The summed E-state index contributed by atoms with van der Waals surface area (Å²) in [5, 5.41) is 3.37. The van der Waals surface area contributed by atoms with Gasteiger partial charge in [0, 0.05) is 16.7 Å². The van der Waals surface area contributed by atoms with Gasteiger partial charge in [0.1, 0.15) is 0 Å². The average molecular weight is 348 g/mol. The maximum atomic E-state index is 11.7. The third-order valence-corrected chi connectivity index (χ3v) is 3.87. The minimum atomic E-state index is -0.302. The number of nitrogens with one attached hydrogen (secondary N) is 1. The lowest BCUT2D eigenvalue weighted by molar-refractivity contribution is 0.0526. The first-order chi connectivity index (χ1) is 10.1. The van der Waals surface area contributed by atoms with E-state index in [4.69, 9.17) is 4.74 Å². The predicted molar refractivity (Wildman–Crippen MR) is 88.6 cm³/mol. The molecule has 2 aromatic carbocycles. The average Bonchev–Trinajstić information content (AvgIpc) is 2.47. The number of carbonyl (C=O) groups excluding carboxylic acids is 1. The second-order valence-corrected chi connectivity index (χ2v) is 5.55. The molecule has 4 heteroatoms. The Labute approximate surface area is 133 Å². The molecular formula is C17H18BrNO2. The van der Waals surface area contributed by atoms with Crippen molar-refractivity contribution in [3.05, 3.63) is 63.6 Å². The molecule has 0 saturated carbocycles. The van der Waals surface area contributed by atoms with Crippen LogP contribution in [0.25, 0.3) is 0 Å². The summed E-state index contributed by atoms with van der Waals surface area (Å²) in [6.07, 6.45) is 0. The summed E-state index contributed by atoms with van der Waals surface area (Å²) in [4.78, 5) is 11.7. The van der Waals surface area contributed by atoms with E-state index in [2.05, 4.69) is 40.3 Å². The Hall–Kier alpha value is -1.81. The molecule has 3 nitrogen and oxygen atoms in total. The van der Waals surface area contributed by atoms with Crippen LogP contribution in [0.15, 0.2) is 46.9 Å². The predicted octanol–water partition coefficient (Wildman–Crippen LogP) is 4.55. The van der Waals surface area contributed by atoms with Gasteiger partial charge in [-0.25, -0.2) is 4.79 Å². The van der Waals surface area contributed by atoms with E-state index in [-0.39, 0.29) is 5.97 Å². The number of benzene rings is 2. The topological polar surface area (TPSA) is 38.3 Å². The molecule has 0 aromatic heterocycles. The molecule has 0 spiro atoms. The molecule has 0 heterocycles. The number of anilines is 1. The van der Waals surface area contributed by atoms with Crippen molar-refractivity contribution in [2.75, 3.05) is 11.9 Å². The maximum Gasteiger partial charge on any atom is 0.338 e. The van der Waals surface area contributed by atoms with Gasteiger partial charge in [0.2, 0.25) is 0 Å². The van der Waals surface area contributed by atoms with Gasteiger partial charge in [-0.3, -0.25) is 0 Å². The van der Waals surface area contributed by atoms with Gasteiger partial charge in [-0.1, -0.05) is 24.3 Å². The van der Waals surface area contributed by atoms with E-state index in [1.165, 1.54) is 11.1 Å². The lowest BCUT2D eigenvalue weighted by Gasteiger charge is -2.11. The Kier molecular flexibility index (Phi) is 5.39. The van der Waals surface area contributed by atoms with Gasteiger partial charge in [-0.2, -0.15) is 0 Å². The van der Waals surface area contributed by atoms with E-state index in [1.54, 1.807) is 19.1 Å². The quantitative estimate of drug-likeness (QED) is 0.806. The van der Waals surface area contributed by atoms with Crippen LogP contribution in [-0.4, -0.2) is 12.6 Å². The van der Waals surface area contributed by atoms with Crippen LogP contribution in [0.4, 0.5) is 5.69 Å². The molecule has 0 aliphatic rings. The van der Waals surface area contributed by atoms with E-state index in [0.717, 1.165) is 16.7 Å². The molecule has 0 fully saturated rings. The van der Waals surface area contributed by atoms with Crippen molar-refractivity contribution in [3.63, 3.8) is 0 Å². The van der Waals surface area contributed by atoms with Gasteiger partial charge in [-0.15, -0.1) is 0 Å². The van der Waals surface area contributed by atoms with Crippen LogP contribution in [0.2, 0.25) is 0 Å². The molecule has 0 bridgehead atoms. The van der Waals surface area contributed by atoms with Crippen LogP contribution in [0, 0.1) is 6.92 Å². The highest BCUT2D eigenvalue weighted by atomic mass is 79.9. The number of ether oxygens (including phenoxy) is 1. The van der Waals surface area contributed by atoms with E-state index in [9.17, 15) is 4.79 Å². The van der Waals surface area contributed by atoms with Gasteiger partial charge in [-0.05, 0) is 59.1 Å². The summed E-state index contributed by atoms with van der Waals surface area (Å²) < 4.78 is 5.84. The fourth-order valence-corrected chi connectivity index (χ4v) is 2.52. The van der Waals surface area contributed by atoms with Gasteiger partial charge < -0.3 is 10.1 Å². The Bertz CT molecular complexity index is 640. The van der Waals surface area contributed by atoms with E-state index < -0.39 is 0 Å². The second kappa shape index (κ2) is 7.27.